The molecule has 1 aliphatic rings. The molecule has 1 heterocycles. The molecule has 1 aromatic carbocycles. The van der Waals surface area contributed by atoms with Gasteiger partial charge in [-0.05, 0) is 18.1 Å². The maximum atomic E-state index is 6.16. The molecule has 0 aromatic heterocycles. The number of hydrogen-bond acceptors (Lipinski definition) is 2. The normalized spacial score (nSPS) is 18.2. The van der Waals surface area contributed by atoms with Crippen molar-refractivity contribution in [1.29, 1.82) is 0 Å². The van der Waals surface area contributed by atoms with Gasteiger partial charge in [-0.1, -0.05) is 29.8 Å². The van der Waals surface area contributed by atoms with E-state index in [4.69, 9.17) is 16.3 Å². The van der Waals surface area contributed by atoms with Crippen LogP contribution < -0.4 is 5.32 Å². The fourth-order valence-electron chi connectivity index (χ4n) is 2.40. The number of guanidine groups is 1. The van der Waals surface area contributed by atoms with Crippen LogP contribution in [0.4, 0.5) is 0 Å². The summed E-state index contributed by atoms with van der Waals surface area (Å²) < 4.78 is 5.41. The lowest BCUT2D eigenvalue weighted by atomic mass is 10.1. The average molecular weight is 424 g/mol. The second-order valence-electron chi connectivity index (χ2n) is 5.10. The highest BCUT2D eigenvalue weighted by Gasteiger charge is 2.19. The molecule has 1 saturated heterocycles. The van der Waals surface area contributed by atoms with Crippen molar-refractivity contribution in [2.24, 2.45) is 10.9 Å². The Morgan fingerprint density at radius 2 is 2.24 bits per heavy atom. The molecule has 21 heavy (non-hydrogen) atoms. The first-order chi connectivity index (χ1) is 9.70. The van der Waals surface area contributed by atoms with Crippen LogP contribution in [0.15, 0.2) is 29.3 Å². The molecule has 1 aromatic rings. The van der Waals surface area contributed by atoms with Crippen LogP contribution in [-0.2, 0) is 11.3 Å². The Labute approximate surface area is 148 Å². The second-order valence-corrected chi connectivity index (χ2v) is 5.51. The van der Waals surface area contributed by atoms with Crippen molar-refractivity contribution in [3.63, 3.8) is 0 Å². The number of halogens is 2. The summed E-state index contributed by atoms with van der Waals surface area (Å²) in [5.41, 5.74) is 1.08. The van der Waals surface area contributed by atoms with E-state index >= 15 is 0 Å². The predicted molar refractivity (Wildman–Crippen MR) is 98.6 cm³/mol. The smallest absolute Gasteiger partial charge is 0.193 e. The van der Waals surface area contributed by atoms with E-state index in [1.807, 2.05) is 24.3 Å². The predicted octanol–water partition coefficient (Wildman–Crippen LogP) is 3.00. The largest absolute Gasteiger partial charge is 0.381 e. The lowest BCUT2D eigenvalue weighted by Crippen LogP contribution is -2.41. The van der Waals surface area contributed by atoms with Crippen molar-refractivity contribution in [3.05, 3.63) is 34.9 Å². The van der Waals surface area contributed by atoms with Crippen LogP contribution in [0.25, 0.3) is 0 Å². The summed E-state index contributed by atoms with van der Waals surface area (Å²) in [6.45, 7) is 3.37. The summed E-state index contributed by atoms with van der Waals surface area (Å²) in [7, 11) is 3.86. The van der Waals surface area contributed by atoms with Crippen LogP contribution >= 0.6 is 35.6 Å². The maximum Gasteiger partial charge on any atom is 0.193 e. The Balaban J connectivity index is 0.00000220. The molecular formula is C15H23ClIN3O. The van der Waals surface area contributed by atoms with Gasteiger partial charge in [0.15, 0.2) is 5.96 Å². The van der Waals surface area contributed by atoms with Crippen LogP contribution in [-0.4, -0.2) is 44.7 Å². The molecule has 0 saturated carbocycles. The van der Waals surface area contributed by atoms with Crippen LogP contribution in [0.5, 0.6) is 0 Å². The number of hydrogen-bond donors (Lipinski definition) is 1. The third kappa shape index (κ3) is 5.64. The molecule has 1 unspecified atom stereocenters. The Kier molecular flexibility index (Phi) is 8.36. The van der Waals surface area contributed by atoms with Gasteiger partial charge in [-0.15, -0.1) is 24.0 Å². The van der Waals surface area contributed by atoms with Crippen molar-refractivity contribution in [2.45, 2.75) is 13.0 Å². The Morgan fingerprint density at radius 3 is 2.86 bits per heavy atom. The number of nitrogens with zero attached hydrogens (tertiary/aromatic N) is 2. The van der Waals surface area contributed by atoms with Crippen molar-refractivity contribution >= 4 is 41.5 Å². The third-order valence-electron chi connectivity index (χ3n) is 3.52. The van der Waals surface area contributed by atoms with Gasteiger partial charge in [0.2, 0.25) is 0 Å². The lowest BCUT2D eigenvalue weighted by molar-refractivity contribution is 0.181. The van der Waals surface area contributed by atoms with E-state index in [0.29, 0.717) is 12.5 Å². The monoisotopic (exact) mass is 423 g/mol. The summed E-state index contributed by atoms with van der Waals surface area (Å²) in [4.78, 5) is 6.47. The highest BCUT2D eigenvalue weighted by molar-refractivity contribution is 14.0. The van der Waals surface area contributed by atoms with E-state index in [9.17, 15) is 0 Å². The van der Waals surface area contributed by atoms with E-state index in [0.717, 1.165) is 42.7 Å². The van der Waals surface area contributed by atoms with Crippen LogP contribution in [0.1, 0.15) is 12.0 Å². The SMILES string of the molecule is CN=C(NCc1ccccc1Cl)N(C)CC1CCOC1.I. The van der Waals surface area contributed by atoms with Crippen molar-refractivity contribution < 1.29 is 4.74 Å². The first-order valence-electron chi connectivity index (χ1n) is 6.93. The molecule has 4 nitrogen and oxygen atoms in total. The van der Waals surface area contributed by atoms with Gasteiger partial charge in [0.05, 0.1) is 6.61 Å². The summed E-state index contributed by atoms with van der Waals surface area (Å²) in [5.74, 6) is 1.48. The standard InChI is InChI=1S/C15H22ClN3O.HI/c1-17-15(19(2)10-12-7-8-20-11-12)18-9-13-5-3-4-6-14(13)16;/h3-6,12H,7-11H2,1-2H3,(H,17,18);1H. The first kappa shape index (κ1) is 18.5. The van der Waals surface area contributed by atoms with Crippen LogP contribution in [0.3, 0.4) is 0 Å². The Bertz CT molecular complexity index is 464. The molecule has 0 radical (unpaired) electrons. The average Bonchev–Trinajstić information content (AvgIpc) is 2.94. The van der Waals surface area contributed by atoms with Gasteiger partial charge in [0, 0.05) is 44.7 Å². The zero-order chi connectivity index (χ0) is 14.4. The minimum absolute atomic E-state index is 0. The minimum Gasteiger partial charge on any atom is -0.381 e. The van der Waals surface area contributed by atoms with Crippen molar-refractivity contribution in [3.8, 4) is 0 Å². The van der Waals surface area contributed by atoms with Crippen molar-refractivity contribution in [1.82, 2.24) is 10.2 Å². The lowest BCUT2D eigenvalue weighted by Gasteiger charge is -2.24. The van der Waals surface area contributed by atoms with Crippen molar-refractivity contribution in [2.75, 3.05) is 33.9 Å². The van der Waals surface area contributed by atoms with Gasteiger partial charge >= 0.3 is 0 Å². The summed E-state index contributed by atoms with van der Waals surface area (Å²) in [5, 5.41) is 4.13. The third-order valence-corrected chi connectivity index (χ3v) is 3.89. The van der Waals surface area contributed by atoms with Crippen LogP contribution in [0.2, 0.25) is 5.02 Å². The molecule has 0 aliphatic carbocycles. The van der Waals surface area contributed by atoms with Gasteiger partial charge in [0.25, 0.3) is 0 Å². The Morgan fingerprint density at radius 1 is 1.48 bits per heavy atom. The molecule has 2 rings (SSSR count). The molecule has 0 bridgehead atoms. The number of rotatable bonds is 4. The van der Waals surface area contributed by atoms with Gasteiger partial charge in [-0.2, -0.15) is 0 Å². The number of benzene rings is 1. The molecule has 0 spiro atoms. The fourth-order valence-corrected chi connectivity index (χ4v) is 2.60. The molecule has 118 valence electrons. The van der Waals surface area contributed by atoms with Gasteiger partial charge in [0.1, 0.15) is 0 Å². The molecule has 1 aliphatic heterocycles. The number of ether oxygens (including phenoxy) is 1. The fraction of sp³-hybridized carbons (Fsp3) is 0.533. The quantitative estimate of drug-likeness (QED) is 0.459. The highest BCUT2D eigenvalue weighted by atomic mass is 127. The van der Waals surface area contributed by atoms with E-state index in [1.165, 1.54) is 0 Å². The topological polar surface area (TPSA) is 36.9 Å². The molecule has 1 fully saturated rings. The minimum atomic E-state index is 0. The first-order valence-corrected chi connectivity index (χ1v) is 7.31. The van der Waals surface area contributed by atoms with Crippen LogP contribution in [0, 0.1) is 5.92 Å². The van der Waals surface area contributed by atoms with Gasteiger partial charge in [-0.25, -0.2) is 0 Å². The molecular weight excluding hydrogens is 401 g/mol. The highest BCUT2D eigenvalue weighted by Crippen LogP contribution is 2.15. The molecule has 0 amide bonds. The summed E-state index contributed by atoms with van der Waals surface area (Å²) >= 11 is 6.16. The van der Waals surface area contributed by atoms with Gasteiger partial charge in [-0.3, -0.25) is 4.99 Å². The summed E-state index contributed by atoms with van der Waals surface area (Å²) in [6, 6.07) is 7.85. The zero-order valence-corrected chi connectivity index (χ0v) is 15.6. The second kappa shape index (κ2) is 9.48. The van der Waals surface area contributed by atoms with E-state index in [1.54, 1.807) is 7.05 Å². The molecule has 1 N–H and O–H groups in total. The Hall–Kier alpha value is -0.530. The summed E-state index contributed by atoms with van der Waals surface area (Å²) in [6.07, 6.45) is 1.13. The number of nitrogens with one attached hydrogen (secondary N) is 1. The number of aliphatic imine (C=N–C) groups is 1. The van der Waals surface area contributed by atoms with E-state index in [-0.39, 0.29) is 24.0 Å². The molecule has 1 atom stereocenters. The van der Waals surface area contributed by atoms with E-state index in [2.05, 4.69) is 22.3 Å². The maximum absolute atomic E-state index is 6.16. The molecule has 6 heteroatoms. The zero-order valence-electron chi connectivity index (χ0n) is 12.5. The van der Waals surface area contributed by atoms with E-state index < -0.39 is 0 Å². The van der Waals surface area contributed by atoms with Gasteiger partial charge < -0.3 is 15.0 Å².